The van der Waals surface area contributed by atoms with Gasteiger partial charge in [0.05, 0.1) is 12.3 Å². The molecule has 1 aliphatic carbocycles. The van der Waals surface area contributed by atoms with Gasteiger partial charge < -0.3 is 4.98 Å². The van der Waals surface area contributed by atoms with E-state index in [2.05, 4.69) is 15.0 Å². The fraction of sp³-hybridized carbons (Fsp3) is 0.600. The summed E-state index contributed by atoms with van der Waals surface area (Å²) in [6.45, 7) is 0. The first kappa shape index (κ1) is 8.48. The zero-order valence-electron chi connectivity index (χ0n) is 7.74. The van der Waals surface area contributed by atoms with Gasteiger partial charge in [-0.1, -0.05) is 19.3 Å². The van der Waals surface area contributed by atoms with Gasteiger partial charge in [0.25, 0.3) is 0 Å². The van der Waals surface area contributed by atoms with Crippen LogP contribution in [0.15, 0.2) is 17.4 Å². The van der Waals surface area contributed by atoms with Crippen molar-refractivity contribution in [3.05, 3.63) is 18.2 Å². The number of H-pyrrole nitrogens is 1. The Labute approximate surface area is 78.3 Å². The van der Waals surface area contributed by atoms with Crippen molar-refractivity contribution in [2.75, 3.05) is 0 Å². The Morgan fingerprint density at radius 3 is 2.92 bits per heavy atom. The van der Waals surface area contributed by atoms with Gasteiger partial charge in [-0.05, 0) is 12.8 Å². The van der Waals surface area contributed by atoms with E-state index >= 15 is 0 Å². The van der Waals surface area contributed by atoms with Gasteiger partial charge in [-0.15, -0.1) is 0 Å². The van der Waals surface area contributed by atoms with Gasteiger partial charge in [-0.25, -0.2) is 4.98 Å². The first-order valence-corrected chi connectivity index (χ1v) is 4.98. The molecule has 0 radical (unpaired) electrons. The van der Waals surface area contributed by atoms with Crippen molar-refractivity contribution in [3.8, 4) is 0 Å². The topological polar surface area (TPSA) is 41.0 Å². The molecular formula is C10H15N3. The van der Waals surface area contributed by atoms with Gasteiger partial charge in [0, 0.05) is 12.4 Å². The number of rotatable bonds is 2. The molecule has 2 rings (SSSR count). The third kappa shape index (κ3) is 2.41. The Morgan fingerprint density at radius 2 is 2.23 bits per heavy atom. The second-order valence-corrected chi connectivity index (χ2v) is 3.54. The second-order valence-electron chi connectivity index (χ2n) is 3.54. The molecule has 0 amide bonds. The molecule has 0 aliphatic heterocycles. The molecule has 3 heteroatoms. The zero-order chi connectivity index (χ0) is 8.93. The van der Waals surface area contributed by atoms with E-state index < -0.39 is 0 Å². The highest BCUT2D eigenvalue weighted by Gasteiger charge is 2.10. The predicted molar refractivity (Wildman–Crippen MR) is 53.1 cm³/mol. The molecule has 0 spiro atoms. The third-order valence-corrected chi connectivity index (χ3v) is 2.50. The SMILES string of the molecule is C(=NC1CCCCC1)c1ncc[nH]1. The molecule has 0 aromatic carbocycles. The minimum atomic E-state index is 0.541. The maximum atomic E-state index is 4.51. The summed E-state index contributed by atoms with van der Waals surface area (Å²) < 4.78 is 0. The van der Waals surface area contributed by atoms with Gasteiger partial charge in [0.2, 0.25) is 0 Å². The zero-order valence-corrected chi connectivity index (χ0v) is 7.74. The first-order valence-electron chi connectivity index (χ1n) is 4.98. The van der Waals surface area contributed by atoms with Gasteiger partial charge >= 0.3 is 0 Å². The fourth-order valence-electron chi connectivity index (χ4n) is 1.75. The number of nitrogens with zero attached hydrogens (tertiary/aromatic N) is 2. The smallest absolute Gasteiger partial charge is 0.148 e. The van der Waals surface area contributed by atoms with Gasteiger partial charge in [0.15, 0.2) is 0 Å². The highest BCUT2D eigenvalue weighted by Crippen LogP contribution is 2.19. The summed E-state index contributed by atoms with van der Waals surface area (Å²) in [5.74, 6) is 0.866. The van der Waals surface area contributed by atoms with E-state index in [0.29, 0.717) is 6.04 Å². The number of aromatic amines is 1. The van der Waals surface area contributed by atoms with E-state index in [0.717, 1.165) is 5.82 Å². The normalized spacial score (nSPS) is 19.7. The number of aromatic nitrogens is 2. The molecule has 0 unspecified atom stereocenters. The van der Waals surface area contributed by atoms with Crippen molar-refractivity contribution >= 4 is 6.21 Å². The summed E-state index contributed by atoms with van der Waals surface area (Å²) in [6.07, 6.45) is 12.0. The maximum Gasteiger partial charge on any atom is 0.148 e. The van der Waals surface area contributed by atoms with Gasteiger partial charge in [-0.3, -0.25) is 4.99 Å². The third-order valence-electron chi connectivity index (χ3n) is 2.50. The molecule has 1 aromatic heterocycles. The maximum absolute atomic E-state index is 4.51. The average molecular weight is 177 g/mol. The van der Waals surface area contributed by atoms with E-state index in [1.807, 2.05) is 12.4 Å². The van der Waals surface area contributed by atoms with Crippen molar-refractivity contribution in [2.45, 2.75) is 38.1 Å². The van der Waals surface area contributed by atoms with E-state index in [9.17, 15) is 0 Å². The van der Waals surface area contributed by atoms with Crippen molar-refractivity contribution in [3.63, 3.8) is 0 Å². The summed E-state index contributed by atoms with van der Waals surface area (Å²) in [4.78, 5) is 11.6. The monoisotopic (exact) mass is 177 g/mol. The van der Waals surface area contributed by atoms with Crippen LogP contribution >= 0.6 is 0 Å². The molecule has 1 aromatic rings. The molecule has 3 nitrogen and oxygen atoms in total. The molecule has 1 fully saturated rings. The Bertz CT molecular complexity index is 258. The number of nitrogens with one attached hydrogen (secondary N) is 1. The highest BCUT2D eigenvalue weighted by atomic mass is 14.9. The highest BCUT2D eigenvalue weighted by molar-refractivity contribution is 5.74. The Hall–Kier alpha value is -1.12. The van der Waals surface area contributed by atoms with E-state index in [4.69, 9.17) is 0 Å². The summed E-state index contributed by atoms with van der Waals surface area (Å²) in [5.41, 5.74) is 0. The molecule has 1 saturated carbocycles. The number of hydrogen-bond donors (Lipinski definition) is 1. The predicted octanol–water partition coefficient (Wildman–Crippen LogP) is 2.16. The van der Waals surface area contributed by atoms with Crippen molar-refractivity contribution in [1.29, 1.82) is 0 Å². The average Bonchev–Trinajstić information content (AvgIpc) is 2.69. The Kier molecular flexibility index (Phi) is 2.75. The number of imidazole rings is 1. The Balaban J connectivity index is 1.89. The van der Waals surface area contributed by atoms with E-state index in [1.54, 1.807) is 6.20 Å². The van der Waals surface area contributed by atoms with Crippen LogP contribution in [0.2, 0.25) is 0 Å². The van der Waals surface area contributed by atoms with Crippen molar-refractivity contribution < 1.29 is 0 Å². The van der Waals surface area contributed by atoms with Crippen LogP contribution in [0.25, 0.3) is 0 Å². The lowest BCUT2D eigenvalue weighted by molar-refractivity contribution is 0.444. The quantitative estimate of drug-likeness (QED) is 0.691. The second kappa shape index (κ2) is 4.21. The van der Waals surface area contributed by atoms with Crippen LogP contribution in [0.1, 0.15) is 37.9 Å². The minimum Gasteiger partial charge on any atom is -0.344 e. The molecule has 1 heterocycles. The van der Waals surface area contributed by atoms with Crippen molar-refractivity contribution in [2.24, 2.45) is 4.99 Å². The lowest BCUT2D eigenvalue weighted by atomic mass is 9.96. The first-order chi connectivity index (χ1) is 6.45. The molecule has 13 heavy (non-hydrogen) atoms. The van der Waals surface area contributed by atoms with E-state index in [-0.39, 0.29) is 0 Å². The fourth-order valence-corrected chi connectivity index (χ4v) is 1.75. The van der Waals surface area contributed by atoms with Crippen LogP contribution in [0, 0.1) is 0 Å². The van der Waals surface area contributed by atoms with E-state index in [1.165, 1.54) is 32.1 Å². The Morgan fingerprint density at radius 1 is 1.38 bits per heavy atom. The number of hydrogen-bond acceptors (Lipinski definition) is 2. The van der Waals surface area contributed by atoms with Crippen LogP contribution in [-0.2, 0) is 0 Å². The number of aliphatic imine (C=N–C) groups is 1. The largest absolute Gasteiger partial charge is 0.344 e. The lowest BCUT2D eigenvalue weighted by Gasteiger charge is -2.16. The van der Waals surface area contributed by atoms with Gasteiger partial charge in [0.1, 0.15) is 5.82 Å². The molecule has 0 atom stereocenters. The summed E-state index contributed by atoms with van der Waals surface area (Å²) in [7, 11) is 0. The van der Waals surface area contributed by atoms with Crippen molar-refractivity contribution in [1.82, 2.24) is 9.97 Å². The van der Waals surface area contributed by atoms with Crippen LogP contribution in [0.4, 0.5) is 0 Å². The van der Waals surface area contributed by atoms with Crippen LogP contribution in [0.5, 0.6) is 0 Å². The lowest BCUT2D eigenvalue weighted by Crippen LogP contribution is -2.09. The molecule has 0 bridgehead atoms. The summed E-state index contributed by atoms with van der Waals surface area (Å²) in [5, 5.41) is 0. The van der Waals surface area contributed by atoms with Crippen LogP contribution in [-0.4, -0.2) is 22.2 Å². The minimum absolute atomic E-state index is 0.541. The van der Waals surface area contributed by atoms with Crippen LogP contribution in [0.3, 0.4) is 0 Å². The molecule has 1 aliphatic rings. The molecule has 1 N–H and O–H groups in total. The molecule has 70 valence electrons. The molecular weight excluding hydrogens is 162 g/mol. The summed E-state index contributed by atoms with van der Waals surface area (Å²) in [6, 6.07) is 0.541. The van der Waals surface area contributed by atoms with Gasteiger partial charge in [-0.2, -0.15) is 0 Å². The standard InChI is InChI=1S/C10H15N3/c1-2-4-9(5-3-1)13-8-10-11-6-7-12-10/h6-9H,1-5H2,(H,11,12). The summed E-state index contributed by atoms with van der Waals surface area (Å²) >= 11 is 0. The van der Waals surface area contributed by atoms with Crippen LogP contribution < -0.4 is 0 Å². The molecule has 0 saturated heterocycles.